The lowest BCUT2D eigenvalue weighted by Crippen LogP contribution is -2.21. The predicted molar refractivity (Wildman–Crippen MR) is 74.2 cm³/mol. The molecule has 0 saturated carbocycles. The lowest BCUT2D eigenvalue weighted by Gasteiger charge is -2.09. The summed E-state index contributed by atoms with van der Waals surface area (Å²) >= 11 is 0. The van der Waals surface area contributed by atoms with Gasteiger partial charge >= 0.3 is 0 Å². The first-order chi connectivity index (χ1) is 9.79. The van der Waals surface area contributed by atoms with Crippen LogP contribution in [-0.4, -0.2) is 25.1 Å². The maximum atomic E-state index is 12.6. The number of Topliss-reactive ketones (excluding diaryl/α,β-unsaturated/α-hetero) is 1. The van der Waals surface area contributed by atoms with E-state index in [2.05, 4.69) is 10.5 Å². The van der Waals surface area contributed by atoms with Gasteiger partial charge in [0.25, 0.3) is 0 Å². The van der Waals surface area contributed by atoms with Crippen molar-refractivity contribution in [2.75, 3.05) is 13.7 Å². The summed E-state index contributed by atoms with van der Waals surface area (Å²) in [5.41, 5.74) is 3.89. The third-order valence-electron chi connectivity index (χ3n) is 3.28. The zero-order valence-corrected chi connectivity index (χ0v) is 11.0. The number of nitrogens with one attached hydrogen (secondary N) is 1. The van der Waals surface area contributed by atoms with Crippen LogP contribution in [0.2, 0.25) is 0 Å². The number of hydrogen-bond donors (Lipinski definition) is 1. The molecule has 1 aromatic heterocycles. The Balaban J connectivity index is 1.89. The summed E-state index contributed by atoms with van der Waals surface area (Å²) in [6.07, 6.45) is 1.60. The Kier molecular flexibility index (Phi) is 3.25. The van der Waals surface area contributed by atoms with Crippen LogP contribution in [0.1, 0.15) is 22.0 Å². The summed E-state index contributed by atoms with van der Waals surface area (Å²) in [6, 6.07) is 10.7. The number of ketones is 1. The minimum absolute atomic E-state index is 0.115. The van der Waals surface area contributed by atoms with E-state index in [1.54, 1.807) is 43.7 Å². The minimum Gasteiger partial charge on any atom is -0.497 e. The minimum atomic E-state index is -0.149. The average Bonchev–Trinajstić information content (AvgIpc) is 3.16. The molecule has 5 heteroatoms. The molecular formula is C15H14N2O3. The first-order valence-corrected chi connectivity index (χ1v) is 6.32. The number of ether oxygens (including phenoxy) is 1. The van der Waals surface area contributed by atoms with Crippen molar-refractivity contribution in [1.29, 1.82) is 0 Å². The van der Waals surface area contributed by atoms with Crippen LogP contribution in [-0.2, 0) is 0 Å². The van der Waals surface area contributed by atoms with Crippen molar-refractivity contribution in [3.8, 4) is 5.75 Å². The monoisotopic (exact) mass is 270 g/mol. The highest BCUT2D eigenvalue weighted by Gasteiger charge is 2.31. The highest BCUT2D eigenvalue weighted by atomic mass is 16.5. The zero-order chi connectivity index (χ0) is 13.9. The van der Waals surface area contributed by atoms with Crippen molar-refractivity contribution in [1.82, 2.24) is 5.43 Å². The Hall–Kier alpha value is -2.56. The molecule has 0 aliphatic carbocycles. The molecule has 0 spiro atoms. The van der Waals surface area contributed by atoms with Crippen molar-refractivity contribution in [2.24, 2.45) is 5.10 Å². The van der Waals surface area contributed by atoms with Gasteiger partial charge in [0.2, 0.25) is 5.78 Å². The number of hydrogen-bond acceptors (Lipinski definition) is 5. The molecule has 0 radical (unpaired) electrons. The summed E-state index contributed by atoms with van der Waals surface area (Å²) in [4.78, 5) is 12.6. The number of carbonyl (C=O) groups is 1. The number of benzene rings is 1. The Morgan fingerprint density at radius 2 is 2.30 bits per heavy atom. The molecule has 1 N–H and O–H groups in total. The van der Waals surface area contributed by atoms with E-state index in [-0.39, 0.29) is 11.7 Å². The van der Waals surface area contributed by atoms with Gasteiger partial charge in [-0.05, 0) is 24.3 Å². The fourth-order valence-corrected chi connectivity index (χ4v) is 2.24. The molecule has 0 saturated heterocycles. The molecule has 1 atom stereocenters. The fraction of sp³-hybridized carbons (Fsp3) is 0.200. The standard InChI is InChI=1S/C15H14N2O3/c1-19-11-5-2-4-10(8-11)15(18)14-12(9-16-17-14)13-6-3-7-20-13/h2-8,12,16H,9H2,1H3/t12-/m0/s1. The lowest BCUT2D eigenvalue weighted by molar-refractivity contribution is 0.106. The maximum Gasteiger partial charge on any atom is 0.209 e. The van der Waals surface area contributed by atoms with Crippen LogP contribution in [0.15, 0.2) is 52.2 Å². The van der Waals surface area contributed by atoms with Gasteiger partial charge in [0.05, 0.1) is 19.3 Å². The summed E-state index contributed by atoms with van der Waals surface area (Å²) in [7, 11) is 1.57. The number of carbonyl (C=O) groups excluding carboxylic acids is 1. The number of furan rings is 1. The van der Waals surface area contributed by atoms with Gasteiger partial charge in [0, 0.05) is 12.1 Å². The maximum absolute atomic E-state index is 12.6. The third kappa shape index (κ3) is 2.18. The van der Waals surface area contributed by atoms with E-state index in [1.165, 1.54) is 0 Å². The fourth-order valence-electron chi connectivity index (χ4n) is 2.24. The van der Waals surface area contributed by atoms with Crippen LogP contribution in [0.3, 0.4) is 0 Å². The van der Waals surface area contributed by atoms with Crippen molar-refractivity contribution in [3.63, 3.8) is 0 Å². The molecule has 5 nitrogen and oxygen atoms in total. The van der Waals surface area contributed by atoms with E-state index < -0.39 is 0 Å². The van der Waals surface area contributed by atoms with Gasteiger partial charge in [-0.25, -0.2) is 0 Å². The van der Waals surface area contributed by atoms with E-state index in [0.717, 1.165) is 5.76 Å². The lowest BCUT2D eigenvalue weighted by atomic mass is 9.94. The van der Waals surface area contributed by atoms with Gasteiger partial charge in [0.15, 0.2) is 0 Å². The normalized spacial score (nSPS) is 17.4. The van der Waals surface area contributed by atoms with E-state index in [1.807, 2.05) is 6.07 Å². The smallest absolute Gasteiger partial charge is 0.209 e. The molecule has 1 aliphatic heterocycles. The molecule has 3 rings (SSSR count). The molecule has 1 aliphatic rings. The summed E-state index contributed by atoms with van der Waals surface area (Å²) < 4.78 is 10.5. The van der Waals surface area contributed by atoms with Gasteiger partial charge in [0.1, 0.15) is 17.2 Å². The topological polar surface area (TPSA) is 63.8 Å². The predicted octanol–water partition coefficient (Wildman–Crippen LogP) is 2.21. The SMILES string of the molecule is COc1cccc(C(=O)C2=NNC[C@H]2c2ccco2)c1. The first-order valence-electron chi connectivity index (χ1n) is 6.32. The second kappa shape index (κ2) is 5.21. The molecule has 20 heavy (non-hydrogen) atoms. The number of rotatable bonds is 4. The molecule has 0 unspecified atom stereocenters. The second-order valence-corrected chi connectivity index (χ2v) is 4.49. The van der Waals surface area contributed by atoms with Crippen LogP contribution in [0.4, 0.5) is 0 Å². The molecule has 0 fully saturated rings. The van der Waals surface area contributed by atoms with Gasteiger partial charge in [-0.2, -0.15) is 5.10 Å². The molecule has 0 amide bonds. The Morgan fingerprint density at radius 3 is 3.05 bits per heavy atom. The van der Waals surface area contributed by atoms with Crippen LogP contribution >= 0.6 is 0 Å². The summed E-state index contributed by atoms with van der Waals surface area (Å²) in [5, 5.41) is 4.12. The number of hydrazone groups is 1. The van der Waals surface area contributed by atoms with Gasteiger partial charge < -0.3 is 14.6 Å². The van der Waals surface area contributed by atoms with Crippen LogP contribution in [0.25, 0.3) is 0 Å². The highest BCUT2D eigenvalue weighted by Crippen LogP contribution is 2.24. The Morgan fingerprint density at radius 1 is 1.40 bits per heavy atom. The molecular weight excluding hydrogens is 256 g/mol. The first kappa shape index (κ1) is 12.5. The third-order valence-corrected chi connectivity index (χ3v) is 3.28. The zero-order valence-electron chi connectivity index (χ0n) is 11.0. The van der Waals surface area contributed by atoms with Gasteiger partial charge in [-0.15, -0.1) is 0 Å². The van der Waals surface area contributed by atoms with Gasteiger partial charge in [-0.3, -0.25) is 4.79 Å². The average molecular weight is 270 g/mol. The summed E-state index contributed by atoms with van der Waals surface area (Å²) in [5.74, 6) is 1.13. The van der Waals surface area contributed by atoms with E-state index in [9.17, 15) is 4.79 Å². The summed E-state index contributed by atoms with van der Waals surface area (Å²) in [6.45, 7) is 0.568. The number of methoxy groups -OCH3 is 1. The van der Waals surface area contributed by atoms with E-state index >= 15 is 0 Å². The van der Waals surface area contributed by atoms with Crippen molar-refractivity contribution >= 4 is 11.5 Å². The van der Waals surface area contributed by atoms with Crippen molar-refractivity contribution in [2.45, 2.75) is 5.92 Å². The number of nitrogens with zero attached hydrogens (tertiary/aromatic N) is 1. The van der Waals surface area contributed by atoms with Crippen LogP contribution in [0, 0.1) is 0 Å². The molecule has 0 bridgehead atoms. The molecule has 2 heterocycles. The second-order valence-electron chi connectivity index (χ2n) is 4.49. The molecule has 102 valence electrons. The highest BCUT2D eigenvalue weighted by molar-refractivity contribution is 6.48. The van der Waals surface area contributed by atoms with Crippen molar-refractivity contribution < 1.29 is 13.9 Å². The van der Waals surface area contributed by atoms with Crippen LogP contribution < -0.4 is 10.2 Å². The van der Waals surface area contributed by atoms with E-state index in [4.69, 9.17) is 9.15 Å². The largest absolute Gasteiger partial charge is 0.497 e. The van der Waals surface area contributed by atoms with Crippen LogP contribution in [0.5, 0.6) is 5.75 Å². The Bertz CT molecular complexity index is 647. The van der Waals surface area contributed by atoms with Gasteiger partial charge in [-0.1, -0.05) is 12.1 Å². The van der Waals surface area contributed by atoms with Crippen molar-refractivity contribution in [3.05, 3.63) is 54.0 Å². The quantitative estimate of drug-likeness (QED) is 0.865. The molecule has 1 aromatic carbocycles. The Labute approximate surface area is 116 Å². The molecule has 2 aromatic rings. The van der Waals surface area contributed by atoms with E-state index in [0.29, 0.717) is 23.6 Å².